The van der Waals surface area contributed by atoms with Gasteiger partial charge in [0.15, 0.2) is 5.54 Å². The first-order valence-corrected chi connectivity index (χ1v) is 7.35. The molecule has 128 valence electrons. The van der Waals surface area contributed by atoms with Gasteiger partial charge in [0.25, 0.3) is 11.0 Å². The Balaban J connectivity index is 2.78. The second-order valence-electron chi connectivity index (χ2n) is 5.88. The molecule has 2 rings (SSSR count). The second-order valence-corrected chi connectivity index (χ2v) is 6.27. The number of nitriles is 1. The molecule has 0 spiro atoms. The van der Waals surface area contributed by atoms with Crippen LogP contribution in [0.15, 0.2) is 18.2 Å². The Bertz CT molecular complexity index is 754. The first kappa shape index (κ1) is 18.3. The number of quaternary nitrogens is 1. The van der Waals surface area contributed by atoms with Crippen molar-refractivity contribution < 1.29 is 22.4 Å². The highest BCUT2D eigenvalue weighted by Gasteiger charge is 2.61. The number of nitrogens with zero attached hydrogens (tertiary/aromatic N) is 2. The van der Waals surface area contributed by atoms with Crippen LogP contribution >= 0.6 is 12.2 Å². The van der Waals surface area contributed by atoms with Gasteiger partial charge in [-0.05, 0) is 6.07 Å². The van der Waals surface area contributed by atoms with E-state index in [2.05, 4.69) is 5.32 Å². The number of halogens is 4. The average Bonchev–Trinajstić information content (AvgIpc) is 2.66. The van der Waals surface area contributed by atoms with Gasteiger partial charge in [0, 0.05) is 38.2 Å². The van der Waals surface area contributed by atoms with E-state index in [1.165, 1.54) is 26.0 Å². The minimum absolute atomic E-state index is 0.00678. The van der Waals surface area contributed by atoms with Crippen LogP contribution in [0.1, 0.15) is 25.0 Å². The summed E-state index contributed by atoms with van der Waals surface area (Å²) in [7, 11) is 0. The summed E-state index contributed by atoms with van der Waals surface area (Å²) in [5.74, 6) is -0.501. The summed E-state index contributed by atoms with van der Waals surface area (Å²) >= 11 is 5.15. The lowest BCUT2D eigenvalue weighted by molar-refractivity contribution is -0.137. The van der Waals surface area contributed by atoms with Gasteiger partial charge in [0.2, 0.25) is 0 Å². The normalized spacial score (nSPS) is 23.0. The Morgan fingerprint density at radius 2 is 2.00 bits per heavy atom. The number of amides is 1. The lowest BCUT2D eigenvalue weighted by Gasteiger charge is -2.40. The van der Waals surface area contributed by atoms with Crippen molar-refractivity contribution in [1.82, 2.24) is 9.80 Å². The second kappa shape index (κ2) is 5.79. The van der Waals surface area contributed by atoms with Gasteiger partial charge < -0.3 is 0 Å². The minimum atomic E-state index is -4.76. The van der Waals surface area contributed by atoms with Gasteiger partial charge in [-0.3, -0.25) is 10.1 Å². The Morgan fingerprint density at radius 3 is 2.42 bits per heavy atom. The van der Waals surface area contributed by atoms with Gasteiger partial charge in [-0.1, -0.05) is 0 Å². The summed E-state index contributed by atoms with van der Waals surface area (Å²) in [5, 5.41) is 11.2. The summed E-state index contributed by atoms with van der Waals surface area (Å²) in [6, 6.07) is 4.54. The van der Waals surface area contributed by atoms with E-state index in [9.17, 15) is 22.4 Å². The van der Waals surface area contributed by atoms with E-state index in [1.807, 2.05) is 0 Å². The van der Waals surface area contributed by atoms with Crippen molar-refractivity contribution >= 4 is 28.9 Å². The number of benzene rings is 1. The number of hydrogen-bond acceptors (Lipinski definition) is 3. The fourth-order valence-electron chi connectivity index (χ4n) is 2.95. The fourth-order valence-corrected chi connectivity index (χ4v) is 3.47. The molecule has 9 heteroatoms. The summed E-state index contributed by atoms with van der Waals surface area (Å²) in [5.41, 5.74) is -2.98. The van der Waals surface area contributed by atoms with Crippen LogP contribution in [0, 0.1) is 11.3 Å². The number of carbonyl (C=O) groups excluding carboxylic acids is 1. The molecular weight excluding hydrogens is 346 g/mol. The van der Waals surface area contributed by atoms with E-state index >= 15 is 0 Å². The Hall–Kier alpha value is -2.05. The van der Waals surface area contributed by atoms with Crippen LogP contribution in [0.3, 0.4) is 0 Å². The summed E-state index contributed by atoms with van der Waals surface area (Å²) < 4.78 is 52.3. The maximum atomic E-state index is 13.2. The molecule has 1 aliphatic rings. The van der Waals surface area contributed by atoms with Crippen molar-refractivity contribution in [3.05, 3.63) is 29.3 Å². The molecule has 1 aliphatic heterocycles. The number of hydrogen-bond donors (Lipinski definition) is 1. The van der Waals surface area contributed by atoms with Crippen LogP contribution in [0.4, 0.5) is 23.2 Å². The molecule has 1 atom stereocenters. The SMILES string of the molecule is CC1(C)C(=O)NC(=S)[N+]1(CCF)c1ccc(C#N)c(C(F)(F)F)c1. The monoisotopic (exact) mass is 360 g/mol. The van der Waals surface area contributed by atoms with E-state index < -0.39 is 39.9 Å². The number of thiocarbonyl (C=S) groups is 1. The molecule has 0 aliphatic carbocycles. The number of rotatable bonds is 3. The Kier molecular flexibility index (Phi) is 4.41. The van der Waals surface area contributed by atoms with Crippen LogP contribution in [0.5, 0.6) is 0 Å². The van der Waals surface area contributed by atoms with Crippen LogP contribution in [-0.2, 0) is 11.0 Å². The highest BCUT2D eigenvalue weighted by atomic mass is 32.1. The van der Waals surface area contributed by atoms with Gasteiger partial charge >= 0.3 is 6.18 Å². The molecule has 1 aromatic carbocycles. The maximum Gasteiger partial charge on any atom is 0.417 e. The largest absolute Gasteiger partial charge is 0.417 e. The van der Waals surface area contributed by atoms with Gasteiger partial charge in [-0.15, -0.1) is 0 Å². The molecule has 1 unspecified atom stereocenters. The summed E-state index contributed by atoms with van der Waals surface area (Å²) in [4.78, 5) is 12.2. The highest BCUT2D eigenvalue weighted by Crippen LogP contribution is 2.41. The molecule has 1 heterocycles. The van der Waals surface area contributed by atoms with E-state index in [4.69, 9.17) is 17.5 Å². The van der Waals surface area contributed by atoms with Gasteiger partial charge in [0.1, 0.15) is 18.9 Å². The standard InChI is InChI=1S/C15H13F4N3OS/c1-14(2)12(23)21-13(24)22(14,6-5-16)10-4-3-9(8-20)11(7-10)15(17,18)19/h3-4,7H,5-6H2,1-2H3/p+1. The third-order valence-corrected chi connectivity index (χ3v) is 4.78. The van der Waals surface area contributed by atoms with E-state index in [-0.39, 0.29) is 17.3 Å². The molecule has 1 N–H and O–H groups in total. The smallest absolute Gasteiger partial charge is 0.267 e. The zero-order valence-electron chi connectivity index (χ0n) is 12.9. The topological polar surface area (TPSA) is 52.9 Å². The first-order valence-electron chi connectivity index (χ1n) is 6.94. The van der Waals surface area contributed by atoms with Crippen LogP contribution in [0.25, 0.3) is 0 Å². The molecule has 1 saturated heterocycles. The zero-order chi connectivity index (χ0) is 18.3. The van der Waals surface area contributed by atoms with Crippen molar-refractivity contribution in [2.24, 2.45) is 0 Å². The molecule has 0 radical (unpaired) electrons. The third kappa shape index (κ3) is 2.46. The molecule has 1 aromatic rings. The van der Waals surface area contributed by atoms with Crippen molar-refractivity contribution in [3.8, 4) is 6.07 Å². The van der Waals surface area contributed by atoms with Gasteiger partial charge in [-0.25, -0.2) is 8.87 Å². The van der Waals surface area contributed by atoms with Crippen LogP contribution in [-0.4, -0.2) is 29.8 Å². The van der Waals surface area contributed by atoms with Crippen molar-refractivity contribution in [2.45, 2.75) is 25.6 Å². The van der Waals surface area contributed by atoms with Gasteiger partial charge in [-0.2, -0.15) is 18.4 Å². The van der Waals surface area contributed by atoms with Crippen molar-refractivity contribution in [1.29, 1.82) is 5.26 Å². The fraction of sp³-hybridized carbons (Fsp3) is 0.400. The van der Waals surface area contributed by atoms with Crippen LogP contribution < -0.4 is 9.80 Å². The number of nitrogens with one attached hydrogen (secondary N) is 1. The number of carbonyl (C=O) groups is 1. The van der Waals surface area contributed by atoms with E-state index in [1.54, 1.807) is 0 Å². The zero-order valence-corrected chi connectivity index (χ0v) is 13.7. The molecule has 0 bridgehead atoms. The van der Waals surface area contributed by atoms with Crippen molar-refractivity contribution in [3.63, 3.8) is 0 Å². The van der Waals surface area contributed by atoms with Crippen LogP contribution in [0.2, 0.25) is 0 Å². The van der Waals surface area contributed by atoms with Crippen molar-refractivity contribution in [2.75, 3.05) is 13.2 Å². The lowest BCUT2D eigenvalue weighted by atomic mass is 9.97. The van der Waals surface area contributed by atoms with E-state index in [0.29, 0.717) is 0 Å². The average molecular weight is 360 g/mol. The molecule has 0 saturated carbocycles. The molecular formula is C15H14F4N3OS+. The summed E-state index contributed by atoms with van der Waals surface area (Å²) in [6.07, 6.45) is -4.76. The first-order chi connectivity index (χ1) is 11.0. The summed E-state index contributed by atoms with van der Waals surface area (Å²) in [6.45, 7) is 1.79. The number of alkyl halides is 4. The Labute approximate surface area is 141 Å². The van der Waals surface area contributed by atoms with Gasteiger partial charge in [0.05, 0.1) is 17.2 Å². The Morgan fingerprint density at radius 1 is 1.38 bits per heavy atom. The molecule has 0 aromatic heterocycles. The quantitative estimate of drug-likeness (QED) is 0.512. The molecule has 1 fully saturated rings. The van der Waals surface area contributed by atoms with E-state index in [0.717, 1.165) is 12.1 Å². The molecule has 24 heavy (non-hydrogen) atoms. The molecule has 1 amide bonds. The molecule has 4 nitrogen and oxygen atoms in total. The highest BCUT2D eigenvalue weighted by molar-refractivity contribution is 7.80. The maximum absolute atomic E-state index is 13.2. The minimum Gasteiger partial charge on any atom is -0.267 e. The lowest BCUT2D eigenvalue weighted by Crippen LogP contribution is -2.64. The predicted octanol–water partition coefficient (Wildman–Crippen LogP) is 3.05. The third-order valence-electron chi connectivity index (χ3n) is 4.37. The predicted molar refractivity (Wildman–Crippen MR) is 83.6 cm³/mol.